The standard InChI is InChI=1S/C14H8Br2O3/c15-11-5-1-3-9(7-11)13(17)19-14(18)10-4-2-6-12(16)8-10/h1-8H. The molecule has 5 heteroatoms. The monoisotopic (exact) mass is 382 g/mol. The van der Waals surface area contributed by atoms with E-state index in [1.807, 2.05) is 0 Å². The average molecular weight is 384 g/mol. The van der Waals surface area contributed by atoms with Crippen LogP contribution >= 0.6 is 31.9 Å². The van der Waals surface area contributed by atoms with Crippen molar-refractivity contribution in [3.63, 3.8) is 0 Å². The third-order valence-corrected chi connectivity index (χ3v) is 3.29. The molecule has 96 valence electrons. The Morgan fingerprint density at radius 3 is 1.58 bits per heavy atom. The van der Waals surface area contributed by atoms with E-state index in [1.165, 1.54) is 0 Å². The van der Waals surface area contributed by atoms with Crippen molar-refractivity contribution in [3.8, 4) is 0 Å². The lowest BCUT2D eigenvalue weighted by Crippen LogP contribution is -2.12. The highest BCUT2D eigenvalue weighted by Crippen LogP contribution is 2.15. The second-order valence-electron chi connectivity index (χ2n) is 3.70. The van der Waals surface area contributed by atoms with Crippen molar-refractivity contribution in [2.75, 3.05) is 0 Å². The van der Waals surface area contributed by atoms with Crippen LogP contribution in [0.5, 0.6) is 0 Å². The van der Waals surface area contributed by atoms with Gasteiger partial charge in [0, 0.05) is 8.95 Å². The Hall–Kier alpha value is -1.46. The van der Waals surface area contributed by atoms with E-state index in [1.54, 1.807) is 48.5 Å². The lowest BCUT2D eigenvalue weighted by Gasteiger charge is -2.03. The first-order valence-corrected chi connectivity index (χ1v) is 6.92. The Bertz CT molecular complexity index is 583. The Balaban J connectivity index is 2.13. The summed E-state index contributed by atoms with van der Waals surface area (Å²) in [6.45, 7) is 0. The van der Waals surface area contributed by atoms with Crippen LogP contribution in [0, 0.1) is 0 Å². The smallest absolute Gasteiger partial charge is 0.346 e. The van der Waals surface area contributed by atoms with Crippen LogP contribution in [0.1, 0.15) is 20.7 Å². The van der Waals surface area contributed by atoms with Crippen molar-refractivity contribution in [1.82, 2.24) is 0 Å². The number of hydrogen-bond donors (Lipinski definition) is 0. The summed E-state index contributed by atoms with van der Waals surface area (Å²) < 4.78 is 6.31. The second-order valence-corrected chi connectivity index (χ2v) is 5.53. The summed E-state index contributed by atoms with van der Waals surface area (Å²) >= 11 is 6.50. The van der Waals surface area contributed by atoms with E-state index in [0.29, 0.717) is 11.1 Å². The van der Waals surface area contributed by atoms with E-state index in [2.05, 4.69) is 31.9 Å². The second kappa shape index (κ2) is 6.12. The van der Waals surface area contributed by atoms with Gasteiger partial charge in [0.25, 0.3) is 0 Å². The van der Waals surface area contributed by atoms with Crippen LogP contribution in [0.3, 0.4) is 0 Å². The maximum Gasteiger partial charge on any atom is 0.346 e. The van der Waals surface area contributed by atoms with Gasteiger partial charge in [0.05, 0.1) is 11.1 Å². The fraction of sp³-hybridized carbons (Fsp3) is 0. The van der Waals surface area contributed by atoms with Crippen LogP contribution in [0.15, 0.2) is 57.5 Å². The summed E-state index contributed by atoms with van der Waals surface area (Å²) in [5.41, 5.74) is 0.635. The predicted octanol–water partition coefficient (Wildman–Crippen LogP) is 4.21. The summed E-state index contributed by atoms with van der Waals surface area (Å²) in [5, 5.41) is 0. The molecule has 0 fully saturated rings. The summed E-state index contributed by atoms with van der Waals surface area (Å²) in [7, 11) is 0. The number of carbonyl (C=O) groups excluding carboxylic acids is 2. The number of rotatable bonds is 2. The fourth-order valence-corrected chi connectivity index (χ4v) is 2.23. The van der Waals surface area contributed by atoms with Gasteiger partial charge < -0.3 is 4.74 Å². The maximum absolute atomic E-state index is 11.8. The minimum absolute atomic E-state index is 0.317. The van der Waals surface area contributed by atoms with E-state index in [-0.39, 0.29) is 0 Å². The number of benzene rings is 2. The molecule has 0 aromatic heterocycles. The highest BCUT2D eigenvalue weighted by Gasteiger charge is 2.15. The first-order chi connectivity index (χ1) is 9.06. The molecule has 0 atom stereocenters. The van der Waals surface area contributed by atoms with E-state index < -0.39 is 11.9 Å². The van der Waals surface area contributed by atoms with Gasteiger partial charge in [-0.3, -0.25) is 0 Å². The SMILES string of the molecule is O=C(OC(=O)c1cccc(Br)c1)c1cccc(Br)c1. The van der Waals surface area contributed by atoms with Gasteiger partial charge in [-0.05, 0) is 36.4 Å². The highest BCUT2D eigenvalue weighted by molar-refractivity contribution is 9.10. The van der Waals surface area contributed by atoms with Gasteiger partial charge in [-0.2, -0.15) is 0 Å². The normalized spacial score (nSPS) is 10.0. The van der Waals surface area contributed by atoms with Crippen LogP contribution in [0.25, 0.3) is 0 Å². The van der Waals surface area contributed by atoms with Crippen molar-refractivity contribution in [2.45, 2.75) is 0 Å². The van der Waals surface area contributed by atoms with E-state index in [9.17, 15) is 9.59 Å². The number of carbonyl (C=O) groups is 2. The molecule has 0 saturated carbocycles. The molecule has 0 spiro atoms. The zero-order valence-electron chi connectivity index (χ0n) is 9.60. The first-order valence-electron chi connectivity index (χ1n) is 5.34. The summed E-state index contributed by atoms with van der Waals surface area (Å²) in [5.74, 6) is -1.35. The molecule has 0 aliphatic carbocycles. The largest absolute Gasteiger partial charge is 0.386 e. The Labute approximate surface area is 126 Å². The maximum atomic E-state index is 11.8. The molecular weight excluding hydrogens is 376 g/mol. The minimum atomic E-state index is -0.675. The zero-order chi connectivity index (χ0) is 13.8. The molecule has 0 bridgehead atoms. The third-order valence-electron chi connectivity index (χ3n) is 2.31. The molecule has 2 aromatic rings. The van der Waals surface area contributed by atoms with E-state index in [0.717, 1.165) is 8.95 Å². The van der Waals surface area contributed by atoms with Crippen molar-refractivity contribution < 1.29 is 14.3 Å². The van der Waals surface area contributed by atoms with Gasteiger partial charge in [0.15, 0.2) is 0 Å². The molecule has 0 N–H and O–H groups in total. The number of halogens is 2. The molecule has 0 radical (unpaired) electrons. The van der Waals surface area contributed by atoms with Gasteiger partial charge >= 0.3 is 11.9 Å². The van der Waals surface area contributed by atoms with Crippen LogP contribution < -0.4 is 0 Å². The Kier molecular flexibility index (Phi) is 4.50. The van der Waals surface area contributed by atoms with Crippen LogP contribution in [0.4, 0.5) is 0 Å². The molecule has 0 saturated heterocycles. The average Bonchev–Trinajstić information content (AvgIpc) is 2.38. The van der Waals surface area contributed by atoms with Gasteiger partial charge in [-0.15, -0.1) is 0 Å². The quantitative estimate of drug-likeness (QED) is 0.576. The summed E-state index contributed by atoms with van der Waals surface area (Å²) in [6, 6.07) is 13.3. The lowest BCUT2D eigenvalue weighted by molar-refractivity contribution is 0.0397. The molecule has 2 rings (SSSR count). The number of hydrogen-bond acceptors (Lipinski definition) is 3. The number of ether oxygens (including phenoxy) is 1. The fourth-order valence-electron chi connectivity index (χ4n) is 1.43. The van der Waals surface area contributed by atoms with Gasteiger partial charge in [0.2, 0.25) is 0 Å². The van der Waals surface area contributed by atoms with Crippen molar-refractivity contribution in [3.05, 3.63) is 68.6 Å². The van der Waals surface area contributed by atoms with Crippen molar-refractivity contribution in [1.29, 1.82) is 0 Å². The van der Waals surface area contributed by atoms with Gasteiger partial charge in [-0.25, -0.2) is 9.59 Å². The van der Waals surface area contributed by atoms with Gasteiger partial charge in [0.1, 0.15) is 0 Å². The molecule has 0 aliphatic rings. The minimum Gasteiger partial charge on any atom is -0.386 e. The third kappa shape index (κ3) is 3.75. The summed E-state index contributed by atoms with van der Waals surface area (Å²) in [4.78, 5) is 23.6. The molecule has 2 aromatic carbocycles. The molecule has 0 unspecified atom stereocenters. The first kappa shape index (κ1) is 14.0. The van der Waals surface area contributed by atoms with E-state index >= 15 is 0 Å². The predicted molar refractivity (Wildman–Crippen MR) is 78.0 cm³/mol. The van der Waals surface area contributed by atoms with E-state index in [4.69, 9.17) is 4.74 Å². The van der Waals surface area contributed by atoms with Crippen LogP contribution in [-0.2, 0) is 4.74 Å². The lowest BCUT2D eigenvalue weighted by atomic mass is 10.2. The Morgan fingerprint density at radius 2 is 1.21 bits per heavy atom. The summed E-state index contributed by atoms with van der Waals surface area (Å²) in [6.07, 6.45) is 0. The number of esters is 2. The molecule has 19 heavy (non-hydrogen) atoms. The topological polar surface area (TPSA) is 43.4 Å². The molecule has 0 heterocycles. The molecule has 0 amide bonds. The highest BCUT2D eigenvalue weighted by atomic mass is 79.9. The Morgan fingerprint density at radius 1 is 0.789 bits per heavy atom. The molecule has 3 nitrogen and oxygen atoms in total. The van der Waals surface area contributed by atoms with Gasteiger partial charge in [-0.1, -0.05) is 44.0 Å². The van der Waals surface area contributed by atoms with Crippen LogP contribution in [-0.4, -0.2) is 11.9 Å². The molecular formula is C14H8Br2O3. The zero-order valence-corrected chi connectivity index (χ0v) is 12.8. The van der Waals surface area contributed by atoms with Crippen molar-refractivity contribution in [2.24, 2.45) is 0 Å². The molecule has 0 aliphatic heterocycles. The van der Waals surface area contributed by atoms with Crippen molar-refractivity contribution >= 4 is 43.8 Å². The van der Waals surface area contributed by atoms with Crippen LogP contribution in [0.2, 0.25) is 0 Å².